The van der Waals surface area contributed by atoms with Gasteiger partial charge in [-0.25, -0.2) is 0 Å². The number of hydrogen-bond donors (Lipinski definition) is 1. The zero-order valence-electron chi connectivity index (χ0n) is 10.5. The number of hydrogen-bond acceptors (Lipinski definition) is 2. The van der Waals surface area contributed by atoms with Crippen LogP contribution in [0.2, 0.25) is 0 Å². The summed E-state index contributed by atoms with van der Waals surface area (Å²) in [5.41, 5.74) is 0. The minimum Gasteiger partial charge on any atom is -0.342 e. The number of rotatable bonds is 4. The predicted octanol–water partition coefficient (Wildman–Crippen LogP) is 1.08. The molecule has 2 fully saturated rings. The van der Waals surface area contributed by atoms with Gasteiger partial charge in [-0.05, 0) is 32.1 Å². The second-order valence-corrected chi connectivity index (χ2v) is 4.97. The van der Waals surface area contributed by atoms with Crippen LogP contribution in [0.5, 0.6) is 0 Å². The Hall–Kier alpha value is -1.32. The molecule has 1 N–H and O–H groups in total. The second-order valence-electron chi connectivity index (χ2n) is 4.97. The van der Waals surface area contributed by atoms with Crippen molar-refractivity contribution in [2.45, 2.75) is 51.2 Å². The van der Waals surface area contributed by atoms with Crippen molar-refractivity contribution in [1.82, 2.24) is 10.2 Å². The third kappa shape index (κ3) is 2.08. The van der Waals surface area contributed by atoms with E-state index in [0.29, 0.717) is 12.3 Å². The number of carbonyl (C=O) groups is 2. The van der Waals surface area contributed by atoms with Crippen molar-refractivity contribution in [3.63, 3.8) is 0 Å². The van der Waals surface area contributed by atoms with Gasteiger partial charge >= 0.3 is 0 Å². The van der Waals surface area contributed by atoms with Gasteiger partial charge in [0.05, 0.1) is 0 Å². The first kappa shape index (κ1) is 12.1. The lowest BCUT2D eigenvalue weighted by molar-refractivity contribution is -0.151. The standard InChI is InChI=1S/C13H20N2O2/c1-4-8(3)15-10(5-2)12(16)14-11(13(15)17)9-6-7-9/h4,8-11H,1,5-7H2,2-3H3,(H,14,16). The minimum absolute atomic E-state index is 0.0160. The van der Waals surface area contributed by atoms with Crippen LogP contribution >= 0.6 is 0 Å². The molecular weight excluding hydrogens is 216 g/mol. The van der Waals surface area contributed by atoms with Crippen molar-refractivity contribution in [3.8, 4) is 0 Å². The Kier molecular flexibility index (Phi) is 3.22. The summed E-state index contributed by atoms with van der Waals surface area (Å²) < 4.78 is 0. The number of nitrogens with zero attached hydrogens (tertiary/aromatic N) is 1. The molecule has 2 rings (SSSR count). The molecule has 2 aliphatic rings. The highest BCUT2D eigenvalue weighted by Gasteiger charge is 2.47. The monoisotopic (exact) mass is 236 g/mol. The summed E-state index contributed by atoms with van der Waals surface area (Å²) in [5.74, 6) is 0.396. The predicted molar refractivity (Wildman–Crippen MR) is 65.2 cm³/mol. The number of piperazine rings is 1. The Morgan fingerprint density at radius 3 is 2.65 bits per heavy atom. The van der Waals surface area contributed by atoms with Crippen molar-refractivity contribution in [1.29, 1.82) is 0 Å². The summed E-state index contributed by atoms with van der Waals surface area (Å²) in [6.07, 6.45) is 4.46. The van der Waals surface area contributed by atoms with E-state index in [1.807, 2.05) is 13.8 Å². The Bertz CT molecular complexity index is 349. The Balaban J connectivity index is 2.24. The lowest BCUT2D eigenvalue weighted by atomic mass is 10.00. The first-order chi connectivity index (χ1) is 8.10. The van der Waals surface area contributed by atoms with Gasteiger partial charge < -0.3 is 10.2 Å². The zero-order valence-corrected chi connectivity index (χ0v) is 10.5. The summed E-state index contributed by atoms with van der Waals surface area (Å²) in [4.78, 5) is 26.1. The molecule has 3 unspecified atom stereocenters. The Morgan fingerprint density at radius 2 is 2.18 bits per heavy atom. The Labute approximate surface area is 102 Å². The molecule has 0 aromatic heterocycles. The van der Waals surface area contributed by atoms with E-state index in [1.165, 1.54) is 0 Å². The molecule has 0 radical (unpaired) electrons. The molecule has 1 saturated carbocycles. The number of carbonyl (C=O) groups excluding carboxylic acids is 2. The Morgan fingerprint density at radius 1 is 1.53 bits per heavy atom. The third-order valence-corrected chi connectivity index (χ3v) is 3.72. The average Bonchev–Trinajstić information content (AvgIpc) is 3.14. The minimum atomic E-state index is -0.342. The zero-order chi connectivity index (χ0) is 12.6. The van der Waals surface area contributed by atoms with Gasteiger partial charge in [-0.3, -0.25) is 9.59 Å². The summed E-state index contributed by atoms with van der Waals surface area (Å²) in [6, 6.07) is -0.724. The molecule has 0 spiro atoms. The first-order valence-corrected chi connectivity index (χ1v) is 6.35. The van der Waals surface area contributed by atoms with Crippen LogP contribution in [0.3, 0.4) is 0 Å². The maximum absolute atomic E-state index is 12.4. The largest absolute Gasteiger partial charge is 0.342 e. The quantitative estimate of drug-likeness (QED) is 0.742. The van der Waals surface area contributed by atoms with Crippen LogP contribution in [0.15, 0.2) is 12.7 Å². The van der Waals surface area contributed by atoms with Crippen molar-refractivity contribution < 1.29 is 9.59 Å². The topological polar surface area (TPSA) is 49.4 Å². The highest BCUT2D eigenvalue weighted by molar-refractivity contribution is 5.97. The molecule has 4 nitrogen and oxygen atoms in total. The molecule has 0 bridgehead atoms. The lowest BCUT2D eigenvalue weighted by Crippen LogP contribution is -2.65. The SMILES string of the molecule is C=CC(C)N1C(=O)C(C2CC2)NC(=O)C1CC. The normalized spacial score (nSPS) is 31.1. The highest BCUT2D eigenvalue weighted by Crippen LogP contribution is 2.35. The molecule has 17 heavy (non-hydrogen) atoms. The summed E-state index contributed by atoms with van der Waals surface area (Å²) in [5, 5.41) is 2.87. The fourth-order valence-corrected chi connectivity index (χ4v) is 2.48. The van der Waals surface area contributed by atoms with Crippen LogP contribution in [0, 0.1) is 5.92 Å². The van der Waals surface area contributed by atoms with Gasteiger partial charge in [0.2, 0.25) is 11.8 Å². The number of amides is 2. The van der Waals surface area contributed by atoms with E-state index >= 15 is 0 Å². The van der Waals surface area contributed by atoms with Gasteiger partial charge in [-0.15, -0.1) is 6.58 Å². The summed E-state index contributed by atoms with van der Waals surface area (Å²) >= 11 is 0. The van der Waals surface area contributed by atoms with Crippen LogP contribution in [-0.2, 0) is 9.59 Å². The van der Waals surface area contributed by atoms with Gasteiger partial charge in [0.15, 0.2) is 0 Å². The second kappa shape index (κ2) is 4.51. The van der Waals surface area contributed by atoms with Crippen molar-refractivity contribution in [2.24, 2.45) is 5.92 Å². The molecule has 2 amide bonds. The molecule has 1 saturated heterocycles. The van der Waals surface area contributed by atoms with E-state index in [-0.39, 0.29) is 29.9 Å². The van der Waals surface area contributed by atoms with Crippen LogP contribution in [-0.4, -0.2) is 34.8 Å². The molecule has 1 aliphatic carbocycles. The van der Waals surface area contributed by atoms with Crippen molar-refractivity contribution in [3.05, 3.63) is 12.7 Å². The van der Waals surface area contributed by atoms with E-state index in [0.717, 1.165) is 12.8 Å². The van der Waals surface area contributed by atoms with Gasteiger partial charge in [0, 0.05) is 6.04 Å². The molecule has 4 heteroatoms. The van der Waals surface area contributed by atoms with Crippen LogP contribution in [0.25, 0.3) is 0 Å². The molecule has 1 aliphatic heterocycles. The van der Waals surface area contributed by atoms with E-state index in [2.05, 4.69) is 11.9 Å². The fourth-order valence-electron chi connectivity index (χ4n) is 2.48. The lowest BCUT2D eigenvalue weighted by Gasteiger charge is -2.41. The van der Waals surface area contributed by atoms with Crippen molar-refractivity contribution >= 4 is 11.8 Å². The molecule has 3 atom stereocenters. The smallest absolute Gasteiger partial charge is 0.246 e. The number of nitrogens with one attached hydrogen (secondary N) is 1. The highest BCUT2D eigenvalue weighted by atomic mass is 16.2. The van der Waals surface area contributed by atoms with E-state index in [4.69, 9.17) is 0 Å². The van der Waals surface area contributed by atoms with E-state index in [9.17, 15) is 9.59 Å². The first-order valence-electron chi connectivity index (χ1n) is 6.35. The maximum Gasteiger partial charge on any atom is 0.246 e. The molecule has 1 heterocycles. The van der Waals surface area contributed by atoms with E-state index in [1.54, 1.807) is 11.0 Å². The van der Waals surface area contributed by atoms with Crippen LogP contribution in [0.1, 0.15) is 33.1 Å². The molecular formula is C13H20N2O2. The average molecular weight is 236 g/mol. The third-order valence-electron chi connectivity index (χ3n) is 3.72. The van der Waals surface area contributed by atoms with Crippen LogP contribution < -0.4 is 5.32 Å². The maximum atomic E-state index is 12.4. The van der Waals surface area contributed by atoms with E-state index < -0.39 is 0 Å². The van der Waals surface area contributed by atoms with Crippen molar-refractivity contribution in [2.75, 3.05) is 0 Å². The molecule has 0 aromatic rings. The van der Waals surface area contributed by atoms with Crippen LogP contribution in [0.4, 0.5) is 0 Å². The van der Waals surface area contributed by atoms with Gasteiger partial charge in [0.1, 0.15) is 12.1 Å². The van der Waals surface area contributed by atoms with Gasteiger partial charge in [-0.2, -0.15) is 0 Å². The summed E-state index contributed by atoms with van der Waals surface area (Å²) in [7, 11) is 0. The fraction of sp³-hybridized carbons (Fsp3) is 0.692. The van der Waals surface area contributed by atoms with Gasteiger partial charge in [0.25, 0.3) is 0 Å². The molecule has 94 valence electrons. The summed E-state index contributed by atoms with van der Waals surface area (Å²) in [6.45, 7) is 7.57. The van der Waals surface area contributed by atoms with Gasteiger partial charge in [-0.1, -0.05) is 13.0 Å². The molecule has 0 aromatic carbocycles.